The average Bonchev–Trinajstić information content (AvgIpc) is 3.62. The van der Waals surface area contributed by atoms with E-state index in [9.17, 15) is 9.59 Å². The highest BCUT2D eigenvalue weighted by Gasteiger charge is 2.21. The Labute approximate surface area is 230 Å². The number of carbonyl (C=O) groups is 1. The number of amides is 1. The monoisotopic (exact) mass is 550 g/mol. The van der Waals surface area contributed by atoms with Crippen LogP contribution in [-0.2, 0) is 6.54 Å². The number of carbonyl (C=O) groups excluding carboxylic acids is 1. The van der Waals surface area contributed by atoms with Crippen LogP contribution in [0.3, 0.4) is 0 Å². The van der Waals surface area contributed by atoms with E-state index < -0.39 is 0 Å². The zero-order valence-electron chi connectivity index (χ0n) is 20.8. The summed E-state index contributed by atoms with van der Waals surface area (Å²) in [4.78, 5) is 36.7. The largest absolute Gasteiger partial charge is 0.311 e. The third-order valence-corrected chi connectivity index (χ3v) is 8.12. The zero-order valence-corrected chi connectivity index (χ0v) is 22.5. The second-order valence-electron chi connectivity index (χ2n) is 8.89. The van der Waals surface area contributed by atoms with Gasteiger partial charge in [-0.2, -0.15) is 0 Å². The third kappa shape index (κ3) is 4.39. The molecule has 192 valence electrons. The number of pyridine rings is 2. The lowest BCUT2D eigenvalue weighted by Crippen LogP contribution is -2.26. The number of benzene rings is 1. The maximum atomic E-state index is 13.6. The van der Waals surface area contributed by atoms with Crippen molar-refractivity contribution in [1.29, 1.82) is 5.41 Å². The van der Waals surface area contributed by atoms with Gasteiger partial charge in [-0.1, -0.05) is 59.9 Å². The lowest BCUT2D eigenvalue weighted by molar-refractivity contribution is 0.103. The molecule has 2 N–H and O–H groups in total. The Bertz CT molecular complexity index is 2000. The number of anilines is 1. The van der Waals surface area contributed by atoms with Gasteiger partial charge in [-0.3, -0.25) is 19.4 Å². The molecule has 0 fully saturated rings. The highest BCUT2D eigenvalue weighted by molar-refractivity contribution is 7.19. The summed E-state index contributed by atoms with van der Waals surface area (Å²) in [6.07, 6.45) is 3.43. The molecule has 8 nitrogen and oxygen atoms in total. The number of allylic oxidation sites excluding steroid dienone is 1. The van der Waals surface area contributed by atoms with Gasteiger partial charge in [0.25, 0.3) is 11.5 Å². The quantitative estimate of drug-likeness (QED) is 0.204. The minimum absolute atomic E-state index is 0.148. The van der Waals surface area contributed by atoms with Crippen molar-refractivity contribution in [2.45, 2.75) is 13.5 Å². The van der Waals surface area contributed by atoms with Crippen molar-refractivity contribution in [3.8, 4) is 21.8 Å². The molecule has 0 aliphatic heterocycles. The second kappa shape index (κ2) is 9.90. The smallest absolute Gasteiger partial charge is 0.267 e. The first-order valence-corrected chi connectivity index (χ1v) is 13.8. The minimum atomic E-state index is -0.233. The van der Waals surface area contributed by atoms with Gasteiger partial charge in [0, 0.05) is 18.3 Å². The summed E-state index contributed by atoms with van der Waals surface area (Å²) in [5.74, 6) is -0.229. The number of thiazole rings is 1. The van der Waals surface area contributed by atoms with Gasteiger partial charge in [-0.15, -0.1) is 17.9 Å². The van der Waals surface area contributed by atoms with Crippen molar-refractivity contribution < 1.29 is 4.79 Å². The zero-order chi connectivity index (χ0) is 27.1. The van der Waals surface area contributed by atoms with E-state index >= 15 is 0 Å². The predicted octanol–water partition coefficient (Wildman–Crippen LogP) is 5.73. The van der Waals surface area contributed by atoms with Gasteiger partial charge in [-0.05, 0) is 36.1 Å². The molecule has 0 aliphatic rings. The fraction of sp³-hybridized carbons (Fsp3) is 0.0690. The summed E-state index contributed by atoms with van der Waals surface area (Å²) in [6.45, 7) is 6.05. The number of nitrogens with one attached hydrogen (secondary N) is 2. The molecule has 6 aromatic rings. The van der Waals surface area contributed by atoms with E-state index in [0.717, 1.165) is 11.1 Å². The van der Waals surface area contributed by atoms with Gasteiger partial charge in [0.1, 0.15) is 32.5 Å². The number of thiophene rings is 1. The number of aromatic nitrogens is 4. The van der Waals surface area contributed by atoms with Crippen molar-refractivity contribution in [2.75, 3.05) is 5.32 Å². The fourth-order valence-electron chi connectivity index (χ4n) is 4.40. The Morgan fingerprint density at radius 3 is 2.69 bits per heavy atom. The predicted molar refractivity (Wildman–Crippen MR) is 157 cm³/mol. The first-order valence-electron chi connectivity index (χ1n) is 12.1. The van der Waals surface area contributed by atoms with E-state index in [1.165, 1.54) is 27.1 Å². The van der Waals surface area contributed by atoms with E-state index in [1.807, 2.05) is 54.8 Å². The molecule has 10 heteroatoms. The van der Waals surface area contributed by atoms with Crippen LogP contribution in [0.25, 0.3) is 38.5 Å². The molecule has 0 spiro atoms. The molecule has 6 rings (SSSR count). The van der Waals surface area contributed by atoms with Gasteiger partial charge in [0.2, 0.25) is 0 Å². The van der Waals surface area contributed by atoms with Crippen molar-refractivity contribution >= 4 is 50.3 Å². The summed E-state index contributed by atoms with van der Waals surface area (Å²) in [5, 5.41) is 15.4. The van der Waals surface area contributed by atoms with Gasteiger partial charge < -0.3 is 9.88 Å². The number of hydrogen-bond donors (Lipinski definition) is 2. The standard InChI is InChI=1S/C29H22N6O2S2/c1-3-13-34-24(30)19(15-20-25(34)31-22-12-11-17(2)16-35(22)29(20)37)27-32-23(18-8-5-4-6-9-18)28(39-27)33-26(36)21-10-7-14-38-21/h3-12,14-16,30H,1,13H2,2H3,(H,33,36). The molecule has 0 radical (unpaired) electrons. The molecule has 5 aromatic heterocycles. The number of nitrogens with zero attached hydrogens (tertiary/aromatic N) is 4. The highest BCUT2D eigenvalue weighted by atomic mass is 32.1. The van der Waals surface area contributed by atoms with Gasteiger partial charge in [-0.25, -0.2) is 9.97 Å². The number of aryl methyl sites for hydroxylation is 1. The Hall–Kier alpha value is -4.67. The van der Waals surface area contributed by atoms with Crippen LogP contribution in [0, 0.1) is 12.3 Å². The highest BCUT2D eigenvalue weighted by Crippen LogP contribution is 2.38. The minimum Gasteiger partial charge on any atom is -0.311 e. The van der Waals surface area contributed by atoms with Crippen molar-refractivity contribution in [1.82, 2.24) is 18.9 Å². The molecule has 0 atom stereocenters. The molecule has 0 unspecified atom stereocenters. The van der Waals surface area contributed by atoms with Gasteiger partial charge in [0.15, 0.2) is 0 Å². The van der Waals surface area contributed by atoms with Crippen LogP contribution in [0.5, 0.6) is 0 Å². The lowest BCUT2D eigenvalue weighted by Gasteiger charge is -2.12. The first kappa shape index (κ1) is 24.7. The maximum absolute atomic E-state index is 13.6. The molecule has 0 saturated carbocycles. The summed E-state index contributed by atoms with van der Waals surface area (Å²) in [5.41, 5.74) is 3.65. The van der Waals surface area contributed by atoms with Crippen molar-refractivity contribution in [2.24, 2.45) is 0 Å². The Kier molecular flexibility index (Phi) is 6.26. The Balaban J connectivity index is 1.59. The Morgan fingerprint density at radius 2 is 1.95 bits per heavy atom. The van der Waals surface area contributed by atoms with Crippen LogP contribution in [0.1, 0.15) is 15.2 Å². The van der Waals surface area contributed by atoms with Crippen molar-refractivity contribution in [3.05, 3.63) is 111 Å². The molecule has 0 aliphatic carbocycles. The average molecular weight is 551 g/mol. The van der Waals surface area contributed by atoms with Gasteiger partial charge >= 0.3 is 0 Å². The number of hydrogen-bond acceptors (Lipinski definition) is 7. The molecule has 0 bridgehead atoms. The second-order valence-corrected chi connectivity index (χ2v) is 10.8. The van der Waals surface area contributed by atoms with Crippen LogP contribution in [0.15, 0.2) is 89.7 Å². The van der Waals surface area contributed by atoms with Gasteiger partial charge in [0.05, 0.1) is 15.8 Å². The van der Waals surface area contributed by atoms with Crippen molar-refractivity contribution in [3.63, 3.8) is 0 Å². The van der Waals surface area contributed by atoms with Crippen LogP contribution in [0.4, 0.5) is 5.00 Å². The summed E-state index contributed by atoms with van der Waals surface area (Å²) < 4.78 is 3.18. The molecular weight excluding hydrogens is 528 g/mol. The van der Waals surface area contributed by atoms with Crippen LogP contribution < -0.4 is 16.4 Å². The maximum Gasteiger partial charge on any atom is 0.267 e. The van der Waals surface area contributed by atoms with E-state index in [1.54, 1.807) is 35.0 Å². The van der Waals surface area contributed by atoms with E-state index in [0.29, 0.717) is 42.8 Å². The third-order valence-electron chi connectivity index (χ3n) is 6.24. The van der Waals surface area contributed by atoms with Crippen LogP contribution >= 0.6 is 22.7 Å². The summed E-state index contributed by atoms with van der Waals surface area (Å²) in [6, 6.07) is 18.5. The molecule has 1 amide bonds. The normalized spacial score (nSPS) is 11.2. The first-order chi connectivity index (χ1) is 18.9. The van der Waals surface area contributed by atoms with Crippen LogP contribution in [0.2, 0.25) is 0 Å². The molecule has 39 heavy (non-hydrogen) atoms. The van der Waals surface area contributed by atoms with E-state index in [2.05, 4.69) is 11.9 Å². The van der Waals surface area contributed by atoms with E-state index in [-0.39, 0.29) is 23.5 Å². The molecule has 1 aromatic carbocycles. The fourth-order valence-corrected chi connectivity index (χ4v) is 6.02. The number of fused-ring (bicyclic) bond motifs is 2. The summed E-state index contributed by atoms with van der Waals surface area (Å²) in [7, 11) is 0. The topological polar surface area (TPSA) is 105 Å². The van der Waals surface area contributed by atoms with Crippen LogP contribution in [-0.4, -0.2) is 24.8 Å². The molecule has 0 saturated heterocycles. The Morgan fingerprint density at radius 1 is 1.13 bits per heavy atom. The lowest BCUT2D eigenvalue weighted by atomic mass is 10.1. The summed E-state index contributed by atoms with van der Waals surface area (Å²) >= 11 is 2.62. The molecule has 5 heterocycles. The number of rotatable bonds is 6. The van der Waals surface area contributed by atoms with E-state index in [4.69, 9.17) is 15.4 Å². The molecular formula is C29H22N6O2S2. The SMILES string of the molecule is C=CCn1c(=N)c(-c2nc(-c3ccccc3)c(NC(=O)c3cccs3)s2)cc2c(=O)n3cc(C)ccc3nc21.